The van der Waals surface area contributed by atoms with Crippen LogP contribution in [0, 0.1) is 12.7 Å². The number of aromatic nitrogens is 4. The maximum atomic E-state index is 15.0. The standard InChI is InChI=1S/C29H33FN6O/c1-18-12-23(35(5)34-18)15-27(37)36(22-8-9-22)16-21-13-19(6-10-25(21)30)20-7-11-26-24(14-20)28(32-17-31-26)33-29(2,3)4/h6-7,10-14,17,22H,8-9,15-16H2,1-5H3,(H,31,32,33). The number of carbonyl (C=O) groups excluding carboxylic acids is 1. The molecule has 8 heteroatoms. The quantitative estimate of drug-likeness (QED) is 0.367. The number of nitrogens with zero attached hydrogens (tertiary/aromatic N) is 5. The molecule has 0 radical (unpaired) electrons. The van der Waals surface area contributed by atoms with Gasteiger partial charge in [-0.05, 0) is 82.0 Å². The summed E-state index contributed by atoms with van der Waals surface area (Å²) in [5.74, 6) is 0.450. The van der Waals surface area contributed by atoms with Crippen molar-refractivity contribution >= 4 is 22.6 Å². The van der Waals surface area contributed by atoms with Gasteiger partial charge in [0.1, 0.15) is 18.0 Å². The lowest BCUT2D eigenvalue weighted by Gasteiger charge is -2.23. The number of hydrogen-bond acceptors (Lipinski definition) is 5. The van der Waals surface area contributed by atoms with Crippen molar-refractivity contribution in [3.63, 3.8) is 0 Å². The highest BCUT2D eigenvalue weighted by atomic mass is 19.1. The maximum absolute atomic E-state index is 15.0. The Morgan fingerprint density at radius 2 is 1.84 bits per heavy atom. The van der Waals surface area contributed by atoms with Crippen LogP contribution in [0.4, 0.5) is 10.2 Å². The molecule has 192 valence electrons. The van der Waals surface area contributed by atoms with Gasteiger partial charge < -0.3 is 10.2 Å². The molecule has 0 spiro atoms. The van der Waals surface area contributed by atoms with E-state index in [1.54, 1.807) is 17.1 Å². The molecule has 1 amide bonds. The molecule has 2 aromatic carbocycles. The first-order chi connectivity index (χ1) is 17.6. The highest BCUT2D eigenvalue weighted by molar-refractivity contribution is 5.92. The molecule has 2 heterocycles. The molecule has 2 aromatic heterocycles. The van der Waals surface area contributed by atoms with Crippen LogP contribution >= 0.6 is 0 Å². The Balaban J connectivity index is 1.44. The van der Waals surface area contributed by atoms with Gasteiger partial charge in [-0.25, -0.2) is 14.4 Å². The number of rotatable bonds is 7. The van der Waals surface area contributed by atoms with Crippen molar-refractivity contribution in [2.24, 2.45) is 7.05 Å². The number of aryl methyl sites for hydroxylation is 2. The normalized spacial score (nSPS) is 13.7. The van der Waals surface area contributed by atoms with Crippen LogP contribution in [-0.2, 0) is 24.8 Å². The topological polar surface area (TPSA) is 75.9 Å². The summed E-state index contributed by atoms with van der Waals surface area (Å²) >= 11 is 0. The third kappa shape index (κ3) is 5.63. The summed E-state index contributed by atoms with van der Waals surface area (Å²) in [7, 11) is 1.84. The summed E-state index contributed by atoms with van der Waals surface area (Å²) in [6.07, 6.45) is 3.71. The van der Waals surface area contributed by atoms with Crippen molar-refractivity contribution in [3.8, 4) is 11.1 Å². The van der Waals surface area contributed by atoms with Crippen LogP contribution in [0.1, 0.15) is 50.6 Å². The van der Waals surface area contributed by atoms with E-state index in [2.05, 4.69) is 41.2 Å². The molecule has 37 heavy (non-hydrogen) atoms. The number of benzene rings is 2. The molecular formula is C29H33FN6O. The van der Waals surface area contributed by atoms with Gasteiger partial charge in [0.25, 0.3) is 0 Å². The molecule has 1 aliphatic rings. The second kappa shape index (κ2) is 9.57. The Labute approximate surface area is 216 Å². The lowest BCUT2D eigenvalue weighted by molar-refractivity contribution is -0.131. The summed E-state index contributed by atoms with van der Waals surface area (Å²) in [5.41, 5.74) is 4.75. The number of anilines is 1. The summed E-state index contributed by atoms with van der Waals surface area (Å²) in [6.45, 7) is 8.40. The molecule has 1 N–H and O–H groups in total. The predicted octanol–water partition coefficient (Wildman–Crippen LogP) is 5.42. The number of nitrogens with one attached hydrogen (secondary N) is 1. The van der Waals surface area contributed by atoms with Crippen LogP contribution in [0.3, 0.4) is 0 Å². The zero-order chi connectivity index (χ0) is 26.3. The Kier molecular flexibility index (Phi) is 6.43. The first-order valence-electron chi connectivity index (χ1n) is 12.7. The van der Waals surface area contributed by atoms with Gasteiger partial charge in [0.05, 0.1) is 17.6 Å². The predicted molar refractivity (Wildman–Crippen MR) is 144 cm³/mol. The van der Waals surface area contributed by atoms with Gasteiger partial charge in [-0.3, -0.25) is 9.48 Å². The van der Waals surface area contributed by atoms with E-state index in [9.17, 15) is 4.79 Å². The molecule has 4 aromatic rings. The monoisotopic (exact) mass is 500 g/mol. The van der Waals surface area contributed by atoms with E-state index in [0.717, 1.165) is 52.1 Å². The van der Waals surface area contributed by atoms with E-state index < -0.39 is 0 Å². The summed E-state index contributed by atoms with van der Waals surface area (Å²) in [6, 6.07) is 13.2. The van der Waals surface area contributed by atoms with Gasteiger partial charge in [0.2, 0.25) is 5.91 Å². The third-order valence-electron chi connectivity index (χ3n) is 6.59. The molecule has 0 unspecified atom stereocenters. The summed E-state index contributed by atoms with van der Waals surface area (Å²) < 4.78 is 16.7. The Bertz CT molecular complexity index is 1470. The molecule has 0 aliphatic heterocycles. The zero-order valence-corrected chi connectivity index (χ0v) is 22.0. The van der Waals surface area contributed by atoms with Gasteiger partial charge >= 0.3 is 0 Å². The SMILES string of the molecule is Cc1cc(CC(=O)N(Cc2cc(-c3ccc4ncnc(NC(C)(C)C)c4c3)ccc2F)C2CC2)n(C)n1. The minimum Gasteiger partial charge on any atom is -0.365 e. The minimum absolute atomic E-state index is 0.00365. The van der Waals surface area contributed by atoms with Crippen LogP contribution in [0.2, 0.25) is 0 Å². The van der Waals surface area contributed by atoms with Crippen LogP contribution in [0.25, 0.3) is 22.0 Å². The molecule has 7 nitrogen and oxygen atoms in total. The first-order valence-corrected chi connectivity index (χ1v) is 12.7. The summed E-state index contributed by atoms with van der Waals surface area (Å²) in [5, 5.41) is 8.70. The van der Waals surface area contributed by atoms with Crippen molar-refractivity contribution < 1.29 is 9.18 Å². The van der Waals surface area contributed by atoms with Crippen LogP contribution in [0.15, 0.2) is 48.8 Å². The number of amides is 1. The van der Waals surface area contributed by atoms with E-state index in [1.807, 2.05) is 49.2 Å². The van der Waals surface area contributed by atoms with E-state index in [1.165, 1.54) is 6.07 Å². The largest absolute Gasteiger partial charge is 0.365 e. The first kappa shape index (κ1) is 24.9. The number of halogens is 1. The lowest BCUT2D eigenvalue weighted by atomic mass is 10.00. The van der Waals surface area contributed by atoms with Gasteiger partial charge in [-0.1, -0.05) is 12.1 Å². The Hall–Kier alpha value is -3.81. The third-order valence-corrected chi connectivity index (χ3v) is 6.59. The summed E-state index contributed by atoms with van der Waals surface area (Å²) in [4.78, 5) is 23.9. The van der Waals surface area contributed by atoms with Crippen LogP contribution in [0.5, 0.6) is 0 Å². The fraction of sp³-hybridized carbons (Fsp3) is 0.379. The number of carbonyl (C=O) groups is 1. The molecule has 1 saturated carbocycles. The Morgan fingerprint density at radius 3 is 2.51 bits per heavy atom. The van der Waals surface area contributed by atoms with E-state index in [0.29, 0.717) is 5.56 Å². The molecule has 0 bridgehead atoms. The van der Waals surface area contributed by atoms with E-state index in [4.69, 9.17) is 0 Å². The van der Waals surface area contributed by atoms with Crippen LogP contribution in [-0.4, -0.2) is 42.1 Å². The molecule has 1 fully saturated rings. The lowest BCUT2D eigenvalue weighted by Crippen LogP contribution is -2.34. The average Bonchev–Trinajstić information content (AvgIpc) is 3.62. The maximum Gasteiger partial charge on any atom is 0.229 e. The van der Waals surface area contributed by atoms with E-state index >= 15 is 4.39 Å². The molecule has 1 aliphatic carbocycles. The second-order valence-corrected chi connectivity index (χ2v) is 11.0. The van der Waals surface area contributed by atoms with Gasteiger partial charge in [-0.2, -0.15) is 5.10 Å². The highest BCUT2D eigenvalue weighted by Gasteiger charge is 2.33. The van der Waals surface area contributed by atoms with E-state index in [-0.39, 0.29) is 36.3 Å². The van der Waals surface area contributed by atoms with Crippen molar-refractivity contribution in [1.29, 1.82) is 0 Å². The fourth-order valence-corrected chi connectivity index (χ4v) is 4.64. The van der Waals surface area contributed by atoms with Gasteiger partial charge in [0.15, 0.2) is 0 Å². The Morgan fingerprint density at radius 1 is 1.11 bits per heavy atom. The van der Waals surface area contributed by atoms with Crippen LogP contribution < -0.4 is 5.32 Å². The average molecular weight is 501 g/mol. The smallest absolute Gasteiger partial charge is 0.229 e. The second-order valence-electron chi connectivity index (χ2n) is 11.0. The molecule has 0 saturated heterocycles. The molecule has 0 atom stereocenters. The van der Waals surface area contributed by atoms with Gasteiger partial charge in [0, 0.05) is 41.8 Å². The van der Waals surface area contributed by atoms with Crippen molar-refractivity contribution in [1.82, 2.24) is 24.6 Å². The minimum atomic E-state index is -0.308. The molecule has 5 rings (SSSR count). The number of hydrogen-bond donors (Lipinski definition) is 1. The highest BCUT2D eigenvalue weighted by Crippen LogP contribution is 2.32. The molecular weight excluding hydrogens is 467 g/mol. The van der Waals surface area contributed by atoms with Crippen molar-refractivity contribution in [2.45, 2.75) is 65.1 Å². The van der Waals surface area contributed by atoms with Crippen molar-refractivity contribution in [3.05, 3.63) is 71.6 Å². The van der Waals surface area contributed by atoms with Gasteiger partial charge in [-0.15, -0.1) is 0 Å². The number of fused-ring (bicyclic) bond motifs is 1. The fourth-order valence-electron chi connectivity index (χ4n) is 4.64. The van der Waals surface area contributed by atoms with Crippen molar-refractivity contribution in [2.75, 3.05) is 5.32 Å². The zero-order valence-electron chi connectivity index (χ0n) is 22.0.